The Morgan fingerprint density at radius 2 is 1.78 bits per heavy atom. The molecule has 100 valence electrons. The maximum Gasteiger partial charge on any atom is 0.119 e. The lowest BCUT2D eigenvalue weighted by Gasteiger charge is -2.30. The van der Waals surface area contributed by atoms with E-state index in [0.717, 1.165) is 24.2 Å². The highest BCUT2D eigenvalue weighted by Gasteiger charge is 2.25. The largest absolute Gasteiger partial charge is 0.494 e. The van der Waals surface area contributed by atoms with Crippen molar-refractivity contribution in [1.29, 1.82) is 0 Å². The zero-order valence-corrected chi connectivity index (χ0v) is 12.9. The van der Waals surface area contributed by atoms with Gasteiger partial charge in [0.15, 0.2) is 0 Å². The van der Waals surface area contributed by atoms with E-state index in [1.54, 1.807) is 0 Å². The predicted octanol–water partition coefficient (Wildman–Crippen LogP) is 5.35. The summed E-state index contributed by atoms with van der Waals surface area (Å²) in [5.41, 5.74) is 1.39. The summed E-state index contributed by atoms with van der Waals surface area (Å²) in [5, 5.41) is 0. The maximum atomic E-state index is 5.48. The molecule has 0 aliphatic heterocycles. The van der Waals surface area contributed by atoms with E-state index < -0.39 is 0 Å². The smallest absolute Gasteiger partial charge is 0.119 e. The number of alkyl halides is 1. The quantitative estimate of drug-likeness (QED) is 0.681. The monoisotopic (exact) mass is 310 g/mol. The fraction of sp³-hybridized carbons (Fsp3) is 0.625. The minimum atomic E-state index is 0.501. The van der Waals surface area contributed by atoms with Crippen molar-refractivity contribution < 1.29 is 4.74 Å². The third-order valence-electron chi connectivity index (χ3n) is 3.98. The zero-order valence-electron chi connectivity index (χ0n) is 11.4. The summed E-state index contributed by atoms with van der Waals surface area (Å²) in [6, 6.07) is 8.56. The number of halogens is 1. The first-order valence-corrected chi connectivity index (χ1v) is 7.99. The maximum absolute atomic E-state index is 5.48. The standard InChI is InChI=1S/C16H23BrO/c1-3-18-15-10-8-14(9-11-15)16(17)13-6-4-12(2)5-7-13/h8-13,16H,3-7H2,1-2H3. The second-order valence-electron chi connectivity index (χ2n) is 5.42. The van der Waals surface area contributed by atoms with Gasteiger partial charge in [-0.25, -0.2) is 0 Å². The van der Waals surface area contributed by atoms with E-state index >= 15 is 0 Å². The molecule has 1 aromatic carbocycles. The highest BCUT2D eigenvalue weighted by Crippen LogP contribution is 2.41. The van der Waals surface area contributed by atoms with Crippen LogP contribution in [-0.2, 0) is 0 Å². The van der Waals surface area contributed by atoms with Crippen LogP contribution in [0.15, 0.2) is 24.3 Å². The fourth-order valence-electron chi connectivity index (χ4n) is 2.77. The highest BCUT2D eigenvalue weighted by atomic mass is 79.9. The molecule has 18 heavy (non-hydrogen) atoms. The molecule has 0 heterocycles. The van der Waals surface area contributed by atoms with E-state index in [4.69, 9.17) is 4.74 Å². The zero-order chi connectivity index (χ0) is 13.0. The molecule has 1 atom stereocenters. The molecule has 0 aromatic heterocycles. The van der Waals surface area contributed by atoms with Gasteiger partial charge < -0.3 is 4.74 Å². The lowest BCUT2D eigenvalue weighted by atomic mass is 9.80. The van der Waals surface area contributed by atoms with Crippen molar-refractivity contribution in [3.63, 3.8) is 0 Å². The lowest BCUT2D eigenvalue weighted by molar-refractivity contribution is 0.287. The van der Waals surface area contributed by atoms with Crippen LogP contribution in [0.4, 0.5) is 0 Å². The van der Waals surface area contributed by atoms with E-state index in [9.17, 15) is 0 Å². The topological polar surface area (TPSA) is 9.23 Å². The number of rotatable bonds is 4. The van der Waals surface area contributed by atoms with Gasteiger partial charge in [0.25, 0.3) is 0 Å². The Labute approximate surface area is 119 Å². The van der Waals surface area contributed by atoms with Gasteiger partial charge in [-0.15, -0.1) is 0 Å². The molecule has 0 spiro atoms. The molecule has 1 saturated carbocycles. The Morgan fingerprint density at radius 1 is 1.17 bits per heavy atom. The fourth-order valence-corrected chi connectivity index (χ4v) is 3.60. The molecule has 1 aromatic rings. The summed E-state index contributed by atoms with van der Waals surface area (Å²) >= 11 is 3.89. The van der Waals surface area contributed by atoms with Crippen LogP contribution in [0.5, 0.6) is 5.75 Å². The van der Waals surface area contributed by atoms with Gasteiger partial charge in [-0.3, -0.25) is 0 Å². The number of ether oxygens (including phenoxy) is 1. The molecule has 0 bridgehead atoms. The molecule has 2 rings (SSSR count). The van der Waals surface area contributed by atoms with Gasteiger partial charge in [0.1, 0.15) is 5.75 Å². The van der Waals surface area contributed by atoms with Crippen LogP contribution in [0.3, 0.4) is 0 Å². The van der Waals surface area contributed by atoms with Crippen molar-refractivity contribution in [2.75, 3.05) is 6.61 Å². The van der Waals surface area contributed by atoms with Crippen LogP contribution in [0.1, 0.15) is 49.9 Å². The normalized spacial score (nSPS) is 25.7. The molecule has 0 radical (unpaired) electrons. The van der Waals surface area contributed by atoms with Crippen LogP contribution >= 0.6 is 15.9 Å². The summed E-state index contributed by atoms with van der Waals surface area (Å²) in [6.07, 6.45) is 5.46. The van der Waals surface area contributed by atoms with Gasteiger partial charge in [0.2, 0.25) is 0 Å². The van der Waals surface area contributed by atoms with Crippen molar-refractivity contribution in [2.45, 2.75) is 44.4 Å². The van der Waals surface area contributed by atoms with Gasteiger partial charge in [0.05, 0.1) is 6.61 Å². The average Bonchev–Trinajstić information content (AvgIpc) is 2.40. The van der Waals surface area contributed by atoms with E-state index in [1.165, 1.54) is 31.2 Å². The van der Waals surface area contributed by atoms with Gasteiger partial charge in [-0.2, -0.15) is 0 Å². The first-order valence-electron chi connectivity index (χ1n) is 7.07. The van der Waals surface area contributed by atoms with E-state index in [2.05, 4.69) is 47.1 Å². The van der Waals surface area contributed by atoms with Crippen LogP contribution in [0.25, 0.3) is 0 Å². The van der Waals surface area contributed by atoms with Crippen LogP contribution < -0.4 is 4.74 Å². The van der Waals surface area contributed by atoms with Crippen molar-refractivity contribution in [3.05, 3.63) is 29.8 Å². The number of hydrogen-bond acceptors (Lipinski definition) is 1. The number of hydrogen-bond donors (Lipinski definition) is 0. The molecule has 2 heteroatoms. The van der Waals surface area contributed by atoms with Crippen molar-refractivity contribution in [1.82, 2.24) is 0 Å². The minimum Gasteiger partial charge on any atom is -0.494 e. The Balaban J connectivity index is 1.97. The van der Waals surface area contributed by atoms with Gasteiger partial charge >= 0.3 is 0 Å². The van der Waals surface area contributed by atoms with E-state index in [-0.39, 0.29) is 0 Å². The Bertz CT molecular complexity index is 352. The van der Waals surface area contributed by atoms with Crippen molar-refractivity contribution in [2.24, 2.45) is 11.8 Å². The summed E-state index contributed by atoms with van der Waals surface area (Å²) in [4.78, 5) is 0.501. The van der Waals surface area contributed by atoms with E-state index in [1.807, 2.05) is 6.92 Å². The SMILES string of the molecule is CCOc1ccc(C(Br)C2CCC(C)CC2)cc1. The van der Waals surface area contributed by atoms with Crippen molar-refractivity contribution >= 4 is 15.9 Å². The molecular weight excluding hydrogens is 288 g/mol. The minimum absolute atomic E-state index is 0.501. The molecule has 1 aliphatic carbocycles. The molecule has 1 aliphatic rings. The molecule has 0 amide bonds. The molecule has 1 nitrogen and oxygen atoms in total. The summed E-state index contributed by atoms with van der Waals surface area (Å²) < 4.78 is 5.48. The van der Waals surface area contributed by atoms with Gasteiger partial charge in [-0.05, 0) is 49.3 Å². The van der Waals surface area contributed by atoms with Gasteiger partial charge in [0, 0.05) is 4.83 Å². The van der Waals surface area contributed by atoms with Crippen LogP contribution in [0, 0.1) is 11.8 Å². The Hall–Kier alpha value is -0.500. The van der Waals surface area contributed by atoms with Gasteiger partial charge in [-0.1, -0.05) is 47.8 Å². The van der Waals surface area contributed by atoms with E-state index in [0.29, 0.717) is 4.83 Å². The Morgan fingerprint density at radius 3 is 2.33 bits per heavy atom. The summed E-state index contributed by atoms with van der Waals surface area (Å²) in [6.45, 7) is 5.12. The molecule has 1 unspecified atom stereocenters. The molecular formula is C16H23BrO. The molecule has 0 saturated heterocycles. The Kier molecular flexibility index (Phi) is 5.11. The average molecular weight is 311 g/mol. The third kappa shape index (κ3) is 3.50. The lowest BCUT2D eigenvalue weighted by Crippen LogP contribution is -2.16. The van der Waals surface area contributed by atoms with Crippen LogP contribution in [-0.4, -0.2) is 6.61 Å². The van der Waals surface area contributed by atoms with Crippen LogP contribution in [0.2, 0.25) is 0 Å². The highest BCUT2D eigenvalue weighted by molar-refractivity contribution is 9.09. The second kappa shape index (κ2) is 6.60. The first kappa shape index (κ1) is 13.9. The second-order valence-corrected chi connectivity index (χ2v) is 6.41. The summed E-state index contributed by atoms with van der Waals surface area (Å²) in [5.74, 6) is 2.68. The number of benzene rings is 1. The summed E-state index contributed by atoms with van der Waals surface area (Å²) in [7, 11) is 0. The molecule has 0 N–H and O–H groups in total. The van der Waals surface area contributed by atoms with Crippen molar-refractivity contribution in [3.8, 4) is 5.75 Å². The first-order chi connectivity index (χ1) is 8.70. The predicted molar refractivity (Wildman–Crippen MR) is 80.4 cm³/mol. The molecule has 1 fully saturated rings. The third-order valence-corrected chi connectivity index (χ3v) is 5.26.